The maximum atomic E-state index is 12.9. The van der Waals surface area contributed by atoms with Crippen LogP contribution >= 0.6 is 7.82 Å². The molecule has 9 nitrogen and oxygen atoms in total. The highest BCUT2D eigenvalue weighted by Gasteiger charge is 2.31. The number of hydrogen-bond donors (Lipinski definition) is 4. The van der Waals surface area contributed by atoms with Crippen LogP contribution in [0.4, 0.5) is 0 Å². The zero-order chi connectivity index (χ0) is 50.8. The smallest absolute Gasteiger partial charge is 0.390 e. The average Bonchev–Trinajstić information content (AvgIpc) is 3.31. The van der Waals surface area contributed by atoms with E-state index in [1.54, 1.807) is 0 Å². The van der Waals surface area contributed by atoms with E-state index < -0.39 is 32.7 Å². The van der Waals surface area contributed by atoms with Crippen LogP contribution in [0, 0.1) is 0 Å². The van der Waals surface area contributed by atoms with Gasteiger partial charge in [-0.1, -0.05) is 173 Å². The normalized spacial score (nSPS) is 15.7. The lowest BCUT2D eigenvalue weighted by atomic mass is 10.0. The lowest BCUT2D eigenvalue weighted by molar-refractivity contribution is -0.870. The van der Waals surface area contributed by atoms with E-state index in [1.165, 1.54) is 19.3 Å². The highest BCUT2D eigenvalue weighted by atomic mass is 31.2. The molecule has 0 aliphatic heterocycles. The van der Waals surface area contributed by atoms with Gasteiger partial charge in [0.1, 0.15) is 19.3 Å². The third-order valence-corrected chi connectivity index (χ3v) is 11.6. The van der Waals surface area contributed by atoms with Crippen molar-refractivity contribution >= 4 is 13.7 Å². The number of aliphatic hydroxyl groups is 2. The van der Waals surface area contributed by atoms with E-state index in [-0.39, 0.29) is 18.9 Å². The molecule has 0 spiro atoms. The molecule has 0 aromatic carbocycles. The summed E-state index contributed by atoms with van der Waals surface area (Å²) in [6.45, 7) is 4.36. The van der Waals surface area contributed by atoms with Gasteiger partial charge >= 0.3 is 7.82 Å². The van der Waals surface area contributed by atoms with Crippen molar-refractivity contribution in [1.29, 1.82) is 0 Å². The Morgan fingerprint density at radius 2 is 0.899 bits per heavy atom. The van der Waals surface area contributed by atoms with E-state index in [0.717, 1.165) is 103 Å². The van der Waals surface area contributed by atoms with Crippen molar-refractivity contribution < 1.29 is 38.0 Å². The second-order valence-corrected chi connectivity index (χ2v) is 19.7. The summed E-state index contributed by atoms with van der Waals surface area (Å²) in [5.41, 5.74) is 0. The van der Waals surface area contributed by atoms with Crippen LogP contribution in [-0.2, 0) is 18.4 Å². The first kappa shape index (κ1) is 65.3. The molecule has 0 saturated carbocycles. The summed E-state index contributed by atoms with van der Waals surface area (Å²) < 4.78 is 23.5. The van der Waals surface area contributed by atoms with E-state index >= 15 is 0 Å². The minimum Gasteiger partial charge on any atom is -0.390 e. The lowest BCUT2D eigenvalue weighted by Gasteiger charge is -2.28. The Bertz CT molecular complexity index is 1640. The minimum absolute atomic E-state index is 0.00390. The Morgan fingerprint density at radius 3 is 1.32 bits per heavy atom. The van der Waals surface area contributed by atoms with Crippen LogP contribution in [0.25, 0.3) is 0 Å². The van der Waals surface area contributed by atoms with Gasteiger partial charge in [-0.3, -0.25) is 13.8 Å². The largest absolute Gasteiger partial charge is 0.472 e. The number of nitrogens with zero attached hydrogens (tertiary/aromatic N) is 1. The quantitative estimate of drug-likeness (QED) is 0.0207. The van der Waals surface area contributed by atoms with Crippen LogP contribution in [0.3, 0.4) is 0 Å². The van der Waals surface area contributed by atoms with E-state index in [1.807, 2.05) is 21.1 Å². The third-order valence-electron chi connectivity index (χ3n) is 10.6. The van der Waals surface area contributed by atoms with Gasteiger partial charge in [-0.15, -0.1) is 0 Å². The summed E-state index contributed by atoms with van der Waals surface area (Å²) in [6.07, 6.45) is 70.8. The summed E-state index contributed by atoms with van der Waals surface area (Å²) in [5, 5.41) is 24.6. The molecule has 4 N–H and O–H groups in total. The fourth-order valence-electron chi connectivity index (χ4n) is 6.48. The summed E-state index contributed by atoms with van der Waals surface area (Å²) >= 11 is 0. The summed E-state index contributed by atoms with van der Waals surface area (Å²) in [7, 11) is 1.35. The lowest BCUT2D eigenvalue weighted by Crippen LogP contribution is -2.51. The van der Waals surface area contributed by atoms with Gasteiger partial charge in [0, 0.05) is 6.42 Å². The highest BCUT2D eigenvalue weighted by molar-refractivity contribution is 7.47. The zero-order valence-electron chi connectivity index (χ0n) is 43.8. The Morgan fingerprint density at radius 1 is 0.522 bits per heavy atom. The molecule has 0 aromatic rings. The molecule has 0 radical (unpaired) electrons. The first-order valence-corrected chi connectivity index (χ1v) is 27.8. The number of phosphoric acid groups is 1. The number of amides is 1. The van der Waals surface area contributed by atoms with Crippen LogP contribution in [0.15, 0.2) is 146 Å². The van der Waals surface area contributed by atoms with Gasteiger partial charge in [0.25, 0.3) is 0 Å². The highest BCUT2D eigenvalue weighted by Crippen LogP contribution is 2.43. The molecule has 4 unspecified atom stereocenters. The third kappa shape index (κ3) is 49.1. The van der Waals surface area contributed by atoms with E-state index in [2.05, 4.69) is 165 Å². The van der Waals surface area contributed by atoms with Crippen LogP contribution < -0.4 is 5.32 Å². The van der Waals surface area contributed by atoms with Crippen molar-refractivity contribution in [2.45, 2.75) is 180 Å². The number of phosphoric ester groups is 1. The van der Waals surface area contributed by atoms with Crippen LogP contribution in [0.1, 0.15) is 162 Å². The predicted molar refractivity (Wildman–Crippen MR) is 296 cm³/mol. The summed E-state index contributed by atoms with van der Waals surface area (Å²) in [6, 6.07) is -1.09. The van der Waals surface area contributed by atoms with Gasteiger partial charge in [0.15, 0.2) is 0 Å². The molecule has 0 bridgehead atoms. The van der Waals surface area contributed by atoms with Crippen LogP contribution in [0.5, 0.6) is 0 Å². The second kappa shape index (κ2) is 48.0. The second-order valence-electron chi connectivity index (χ2n) is 18.3. The number of likely N-dealkylation sites (N-methyl/N-ethyl adjacent to an activating group) is 1. The average molecular weight is 978 g/mol. The van der Waals surface area contributed by atoms with Crippen molar-refractivity contribution in [2.75, 3.05) is 40.9 Å². The minimum atomic E-state index is -4.45. The van der Waals surface area contributed by atoms with Crippen LogP contribution in [-0.4, -0.2) is 84.6 Å². The molecule has 0 heterocycles. The van der Waals surface area contributed by atoms with E-state index in [4.69, 9.17) is 9.05 Å². The van der Waals surface area contributed by atoms with Gasteiger partial charge in [-0.2, -0.15) is 0 Å². The molecule has 0 aromatic heterocycles. The number of unbranched alkanes of at least 4 members (excludes halogenated alkanes) is 7. The molecule has 69 heavy (non-hydrogen) atoms. The SMILES string of the molecule is CC/C=C\C/C=C\C/C=C\C/C=C\C/C=C\C/C=C\C/C=C\C/C=C\C/C=C\C/C=C\CCCCC(=O)NC(COP(=O)(O)OCC[N+](C)(C)C)C(O)C(O)CCC/C=C/CC/C=C/CCCCC. The molecular formula is C59H98N2O7P+. The molecule has 0 fully saturated rings. The molecule has 0 aliphatic carbocycles. The van der Waals surface area contributed by atoms with Gasteiger partial charge in [0.05, 0.1) is 39.9 Å². The van der Waals surface area contributed by atoms with Crippen LogP contribution in [0.2, 0.25) is 0 Å². The maximum absolute atomic E-state index is 12.9. The van der Waals surface area contributed by atoms with Crippen molar-refractivity contribution in [3.05, 3.63) is 146 Å². The zero-order valence-corrected chi connectivity index (χ0v) is 44.7. The number of nitrogens with one attached hydrogen (secondary N) is 1. The number of aliphatic hydroxyl groups excluding tert-OH is 2. The fraction of sp³-hybridized carbons (Fsp3) is 0.576. The van der Waals surface area contributed by atoms with Gasteiger partial charge in [-0.05, 0) is 128 Å². The predicted octanol–water partition coefficient (Wildman–Crippen LogP) is 14.7. The molecule has 1 amide bonds. The number of allylic oxidation sites excluding steroid dienone is 24. The van der Waals surface area contributed by atoms with Crippen molar-refractivity contribution in [1.82, 2.24) is 5.32 Å². The molecule has 4 atom stereocenters. The fourth-order valence-corrected chi connectivity index (χ4v) is 7.21. The maximum Gasteiger partial charge on any atom is 0.472 e. The molecular weight excluding hydrogens is 880 g/mol. The first-order chi connectivity index (χ1) is 33.4. The first-order valence-electron chi connectivity index (χ1n) is 26.3. The number of carbonyl (C=O) groups is 1. The van der Waals surface area contributed by atoms with Gasteiger partial charge in [-0.25, -0.2) is 4.57 Å². The summed E-state index contributed by atoms with van der Waals surface area (Å²) in [5.74, 6) is -0.323. The Labute approximate surface area is 421 Å². The Hall–Kier alpha value is -3.66. The monoisotopic (exact) mass is 978 g/mol. The van der Waals surface area contributed by atoms with Crippen molar-refractivity contribution in [3.63, 3.8) is 0 Å². The topological polar surface area (TPSA) is 125 Å². The number of rotatable bonds is 45. The molecule has 0 aliphatic rings. The van der Waals surface area contributed by atoms with Crippen molar-refractivity contribution in [2.24, 2.45) is 0 Å². The molecule has 0 saturated heterocycles. The Balaban J connectivity index is 4.43. The summed E-state index contributed by atoms with van der Waals surface area (Å²) in [4.78, 5) is 23.2. The van der Waals surface area contributed by atoms with E-state index in [9.17, 15) is 24.5 Å². The van der Waals surface area contributed by atoms with Gasteiger partial charge in [0.2, 0.25) is 5.91 Å². The molecule has 10 heteroatoms. The standard InChI is InChI=1S/C59H97N2O7P/c1-6-8-10-12-14-16-18-20-21-22-23-24-25-26-27-28-29-30-31-32-33-34-35-36-37-38-39-40-42-44-46-48-50-52-58(63)60-56(55-68-69(65,66)67-54-53-61(3,4)5)59(64)57(62)51-49-47-45-43-41-19-17-15-13-11-9-7-2/h8,10,14-17,20-21,23-24,26-27,29-30,32-33,35-36,38-39,42-45,56-57,59,62,64H,6-7,9,11-13,18-19,22,25,28,31,34,37,40-41,46-55H2,1-5H3,(H-,60,63,65,66)/p+1/b10-8-,16-14-,17-15+,21-20-,24-23-,27-26-,30-29-,33-32-,36-35-,39-38-,44-42-,45-43+. The number of hydrogen-bond acceptors (Lipinski definition) is 6. The number of quaternary nitrogens is 1. The number of carbonyl (C=O) groups excluding carboxylic acids is 1. The van der Waals surface area contributed by atoms with Gasteiger partial charge < -0.3 is 24.9 Å². The van der Waals surface area contributed by atoms with E-state index in [0.29, 0.717) is 30.3 Å². The Kier molecular flexibility index (Phi) is 45.4. The molecule has 390 valence electrons. The molecule has 0 rings (SSSR count). The van der Waals surface area contributed by atoms with Crippen molar-refractivity contribution in [3.8, 4) is 0 Å².